The topological polar surface area (TPSA) is 81.7 Å². The van der Waals surface area contributed by atoms with Crippen molar-refractivity contribution in [1.82, 2.24) is 20.0 Å². The largest absolute Gasteiger partial charge is 0.388 e. The van der Waals surface area contributed by atoms with Crippen LogP contribution in [-0.2, 0) is 4.74 Å². The molecule has 0 saturated carbocycles. The summed E-state index contributed by atoms with van der Waals surface area (Å²) in [6, 6.07) is 7.71. The average molecular weight is 402 g/mol. The van der Waals surface area contributed by atoms with E-state index in [2.05, 4.69) is 15.1 Å². The van der Waals surface area contributed by atoms with Crippen molar-refractivity contribution in [3.05, 3.63) is 41.8 Å². The highest BCUT2D eigenvalue weighted by Crippen LogP contribution is 2.25. The molecule has 1 aromatic heterocycles. The third-order valence-electron chi connectivity index (χ3n) is 5.77. The van der Waals surface area contributed by atoms with Gasteiger partial charge in [-0.05, 0) is 49.6 Å². The summed E-state index contributed by atoms with van der Waals surface area (Å²) in [6.45, 7) is 4.82. The molecule has 1 atom stereocenters. The summed E-state index contributed by atoms with van der Waals surface area (Å²) in [5, 5.41) is 18.1. The molecule has 0 unspecified atom stereocenters. The van der Waals surface area contributed by atoms with Crippen LogP contribution in [-0.4, -0.2) is 82.5 Å². The number of carbonyl (C=O) groups is 1. The predicted molar refractivity (Wildman–Crippen MR) is 106 cm³/mol. The first kappa shape index (κ1) is 20.0. The molecule has 2 N–H and O–H groups in total. The highest BCUT2D eigenvalue weighted by atomic mass is 19.1. The molecule has 2 aliphatic rings. The first-order chi connectivity index (χ1) is 14.0. The van der Waals surface area contributed by atoms with E-state index in [4.69, 9.17) is 4.74 Å². The van der Waals surface area contributed by atoms with Gasteiger partial charge in [-0.25, -0.2) is 4.39 Å². The van der Waals surface area contributed by atoms with Crippen LogP contribution in [0.15, 0.2) is 30.3 Å². The maximum atomic E-state index is 13.1. The number of H-pyrrole nitrogens is 1. The Morgan fingerprint density at radius 1 is 1.17 bits per heavy atom. The van der Waals surface area contributed by atoms with Crippen LogP contribution >= 0.6 is 0 Å². The van der Waals surface area contributed by atoms with Gasteiger partial charge in [0.1, 0.15) is 11.5 Å². The van der Waals surface area contributed by atoms with Gasteiger partial charge in [-0.1, -0.05) is 0 Å². The summed E-state index contributed by atoms with van der Waals surface area (Å²) in [4.78, 5) is 17.0. The van der Waals surface area contributed by atoms with Crippen LogP contribution in [0, 0.1) is 5.82 Å². The fourth-order valence-electron chi connectivity index (χ4n) is 4.09. The molecule has 29 heavy (non-hydrogen) atoms. The Morgan fingerprint density at radius 3 is 2.69 bits per heavy atom. The summed E-state index contributed by atoms with van der Waals surface area (Å²) in [5.41, 5.74) is 0.979. The lowest BCUT2D eigenvalue weighted by Gasteiger charge is -2.35. The summed E-state index contributed by atoms with van der Waals surface area (Å²) in [5.74, 6) is -0.434. The minimum atomic E-state index is -0.778. The molecular formula is C21H27FN4O3. The smallest absolute Gasteiger partial charge is 0.271 e. The number of rotatable bonds is 4. The van der Waals surface area contributed by atoms with Crippen molar-refractivity contribution in [2.45, 2.75) is 24.9 Å². The van der Waals surface area contributed by atoms with Gasteiger partial charge in [0.25, 0.3) is 5.91 Å². The van der Waals surface area contributed by atoms with Crippen molar-refractivity contribution >= 4 is 5.91 Å². The SMILES string of the molecule is O=C(c1cc(-c2ccc(F)cc2)n[nH]1)N1CCC[C@@](O)(CN2CCOCC2)CC1. The number of halogens is 1. The number of benzene rings is 1. The Balaban J connectivity index is 1.39. The number of nitrogens with one attached hydrogen (secondary N) is 1. The second kappa shape index (κ2) is 8.61. The normalized spacial score (nSPS) is 23.7. The summed E-state index contributed by atoms with van der Waals surface area (Å²) in [7, 11) is 0. The van der Waals surface area contributed by atoms with E-state index in [1.807, 2.05) is 0 Å². The van der Waals surface area contributed by atoms with Gasteiger partial charge in [0, 0.05) is 38.3 Å². The highest BCUT2D eigenvalue weighted by molar-refractivity contribution is 5.93. The van der Waals surface area contributed by atoms with E-state index in [-0.39, 0.29) is 11.7 Å². The Bertz CT molecular complexity index is 835. The molecule has 156 valence electrons. The van der Waals surface area contributed by atoms with Gasteiger partial charge < -0.3 is 14.7 Å². The number of aromatic amines is 1. The van der Waals surface area contributed by atoms with Crippen LogP contribution < -0.4 is 0 Å². The first-order valence-electron chi connectivity index (χ1n) is 10.2. The van der Waals surface area contributed by atoms with Crippen LogP contribution in [0.2, 0.25) is 0 Å². The second-order valence-corrected chi connectivity index (χ2v) is 7.93. The number of aromatic nitrogens is 2. The van der Waals surface area contributed by atoms with Crippen molar-refractivity contribution in [2.24, 2.45) is 0 Å². The zero-order valence-corrected chi connectivity index (χ0v) is 16.4. The first-order valence-corrected chi connectivity index (χ1v) is 10.2. The number of nitrogens with zero attached hydrogens (tertiary/aromatic N) is 3. The Morgan fingerprint density at radius 2 is 1.93 bits per heavy atom. The van der Waals surface area contributed by atoms with Crippen LogP contribution in [0.4, 0.5) is 4.39 Å². The van der Waals surface area contributed by atoms with Crippen LogP contribution in [0.25, 0.3) is 11.3 Å². The number of aliphatic hydroxyl groups is 1. The summed E-state index contributed by atoms with van der Waals surface area (Å²) in [6.07, 6.45) is 1.98. The van der Waals surface area contributed by atoms with Gasteiger partial charge in [0.05, 0.1) is 24.5 Å². The molecule has 0 bridgehead atoms. The lowest BCUT2D eigenvalue weighted by Crippen LogP contribution is -2.48. The van der Waals surface area contributed by atoms with E-state index >= 15 is 0 Å². The fraction of sp³-hybridized carbons (Fsp3) is 0.524. The highest BCUT2D eigenvalue weighted by Gasteiger charge is 2.34. The van der Waals surface area contributed by atoms with E-state index in [0.29, 0.717) is 57.1 Å². The quantitative estimate of drug-likeness (QED) is 0.817. The van der Waals surface area contributed by atoms with Crippen molar-refractivity contribution in [3.8, 4) is 11.3 Å². The average Bonchev–Trinajstić information content (AvgIpc) is 3.13. The predicted octanol–water partition coefficient (Wildman–Crippen LogP) is 1.91. The molecule has 8 heteroatoms. The molecule has 0 radical (unpaired) electrons. The maximum Gasteiger partial charge on any atom is 0.271 e. The van der Waals surface area contributed by atoms with E-state index in [9.17, 15) is 14.3 Å². The molecule has 0 spiro atoms. The van der Waals surface area contributed by atoms with E-state index in [1.54, 1.807) is 23.1 Å². The minimum Gasteiger partial charge on any atom is -0.388 e. The molecule has 3 heterocycles. The van der Waals surface area contributed by atoms with Crippen LogP contribution in [0.5, 0.6) is 0 Å². The number of likely N-dealkylation sites (tertiary alicyclic amines) is 1. The fourth-order valence-corrected chi connectivity index (χ4v) is 4.09. The third kappa shape index (κ3) is 4.83. The van der Waals surface area contributed by atoms with Gasteiger partial charge >= 0.3 is 0 Å². The molecule has 2 fully saturated rings. The Kier molecular flexibility index (Phi) is 5.94. The molecule has 2 aromatic rings. The Hall–Kier alpha value is -2.29. The molecule has 0 aliphatic carbocycles. The van der Waals surface area contributed by atoms with Crippen LogP contribution in [0.1, 0.15) is 29.8 Å². The van der Waals surface area contributed by atoms with Crippen molar-refractivity contribution in [2.75, 3.05) is 45.9 Å². The number of morpholine rings is 1. The van der Waals surface area contributed by atoms with Crippen molar-refractivity contribution in [1.29, 1.82) is 0 Å². The Labute approximate surface area is 169 Å². The molecular weight excluding hydrogens is 375 g/mol. The standard InChI is InChI=1S/C21H27FN4O3/c22-17-4-2-16(3-5-17)18-14-19(24-23-18)20(27)26-8-1-6-21(28,7-9-26)15-25-10-12-29-13-11-25/h2-5,14,28H,1,6-13,15H2,(H,23,24)/t21-/m0/s1. The number of hydrogen-bond donors (Lipinski definition) is 2. The van der Waals surface area contributed by atoms with Gasteiger partial charge in [-0.15, -0.1) is 0 Å². The summed E-state index contributed by atoms with van der Waals surface area (Å²) < 4.78 is 18.5. The number of amides is 1. The number of carbonyl (C=O) groups excluding carboxylic acids is 1. The van der Waals surface area contributed by atoms with Gasteiger partial charge in [-0.3, -0.25) is 14.8 Å². The molecule has 1 amide bonds. The van der Waals surface area contributed by atoms with Crippen molar-refractivity contribution in [3.63, 3.8) is 0 Å². The minimum absolute atomic E-state index is 0.124. The molecule has 4 rings (SSSR count). The molecule has 7 nitrogen and oxygen atoms in total. The summed E-state index contributed by atoms with van der Waals surface area (Å²) >= 11 is 0. The van der Waals surface area contributed by atoms with Gasteiger partial charge in [-0.2, -0.15) is 5.10 Å². The monoisotopic (exact) mass is 402 g/mol. The van der Waals surface area contributed by atoms with E-state index < -0.39 is 5.60 Å². The number of hydrogen-bond acceptors (Lipinski definition) is 5. The lowest BCUT2D eigenvalue weighted by molar-refractivity contribution is -0.0389. The maximum absolute atomic E-state index is 13.1. The number of ether oxygens (including phenoxy) is 1. The van der Waals surface area contributed by atoms with Crippen molar-refractivity contribution < 1.29 is 19.0 Å². The van der Waals surface area contributed by atoms with E-state index in [1.165, 1.54) is 12.1 Å². The third-order valence-corrected chi connectivity index (χ3v) is 5.77. The zero-order valence-electron chi connectivity index (χ0n) is 16.4. The second-order valence-electron chi connectivity index (χ2n) is 7.93. The van der Waals surface area contributed by atoms with Crippen LogP contribution in [0.3, 0.4) is 0 Å². The zero-order chi connectivity index (χ0) is 20.3. The van der Waals surface area contributed by atoms with Gasteiger partial charge in [0.15, 0.2) is 0 Å². The van der Waals surface area contributed by atoms with Gasteiger partial charge in [0.2, 0.25) is 0 Å². The molecule has 2 saturated heterocycles. The van der Waals surface area contributed by atoms with E-state index in [0.717, 1.165) is 25.1 Å². The molecule has 1 aromatic carbocycles. The lowest BCUT2D eigenvalue weighted by atomic mass is 9.94. The number of β-amino-alcohol motifs (C(OH)–C–C–N with tert-alkyl or cyclic N) is 1. The molecule has 2 aliphatic heterocycles.